The number of aryl methyl sites for hydroxylation is 1. The van der Waals surface area contributed by atoms with Crippen LogP contribution in [0.5, 0.6) is 0 Å². The molecule has 3 aromatic heterocycles. The first kappa shape index (κ1) is 19.5. The lowest BCUT2D eigenvalue weighted by Crippen LogP contribution is -2.04. The van der Waals surface area contributed by atoms with Crippen LogP contribution in [0.3, 0.4) is 0 Å². The van der Waals surface area contributed by atoms with Crippen LogP contribution in [0.15, 0.2) is 42.6 Å². The van der Waals surface area contributed by atoms with Gasteiger partial charge in [-0.15, -0.1) is 10.2 Å². The number of nitrogens with one attached hydrogen (secondary N) is 1. The molecule has 7 nitrogen and oxygen atoms in total. The van der Waals surface area contributed by atoms with E-state index < -0.39 is 6.43 Å². The Morgan fingerprint density at radius 3 is 2.72 bits per heavy atom. The minimum Gasteiger partial charge on any atom is -0.313 e. The molecule has 4 aromatic rings. The van der Waals surface area contributed by atoms with E-state index in [1.807, 2.05) is 36.5 Å². The van der Waals surface area contributed by atoms with Gasteiger partial charge in [0.15, 0.2) is 5.82 Å². The zero-order valence-electron chi connectivity index (χ0n) is 15.3. The normalized spacial score (nSPS) is 11.3. The van der Waals surface area contributed by atoms with Gasteiger partial charge in [-0.05, 0) is 24.6 Å². The standard InChI is InChI=1S/C18H16ClF2N7S/c1-11-8-14(17(20)21)25-28(11)10-16-23-24-18(29-16)22-15-6-7-27(26-15)9-12-4-2-3-5-13(12)19/h2-8,17H,9-10H2,1H3,(H,22,24,26). The molecule has 0 aliphatic heterocycles. The summed E-state index contributed by atoms with van der Waals surface area (Å²) in [5.41, 5.74) is 1.37. The minimum atomic E-state index is -2.59. The van der Waals surface area contributed by atoms with Crippen molar-refractivity contribution in [3.63, 3.8) is 0 Å². The molecule has 1 aromatic carbocycles. The van der Waals surface area contributed by atoms with E-state index in [0.717, 1.165) is 5.56 Å². The summed E-state index contributed by atoms with van der Waals surface area (Å²) in [5, 5.41) is 21.5. The first-order valence-electron chi connectivity index (χ1n) is 8.66. The summed E-state index contributed by atoms with van der Waals surface area (Å²) in [7, 11) is 0. The van der Waals surface area contributed by atoms with E-state index in [-0.39, 0.29) is 12.2 Å². The maximum Gasteiger partial charge on any atom is 0.282 e. The van der Waals surface area contributed by atoms with Crippen LogP contribution in [0.4, 0.5) is 19.7 Å². The van der Waals surface area contributed by atoms with Gasteiger partial charge in [0, 0.05) is 23.0 Å². The summed E-state index contributed by atoms with van der Waals surface area (Å²) in [6.07, 6.45) is -0.755. The molecule has 0 aliphatic carbocycles. The Morgan fingerprint density at radius 1 is 1.14 bits per heavy atom. The Morgan fingerprint density at radius 2 is 1.97 bits per heavy atom. The van der Waals surface area contributed by atoms with Gasteiger partial charge in [0.1, 0.15) is 10.7 Å². The second-order valence-electron chi connectivity index (χ2n) is 6.28. The first-order chi connectivity index (χ1) is 14.0. The molecular weight excluding hydrogens is 420 g/mol. The van der Waals surface area contributed by atoms with Crippen molar-refractivity contribution in [3.8, 4) is 0 Å². The molecular formula is C18H16ClF2N7S. The van der Waals surface area contributed by atoms with E-state index in [2.05, 4.69) is 25.7 Å². The third-order valence-electron chi connectivity index (χ3n) is 4.14. The lowest BCUT2D eigenvalue weighted by Gasteiger charge is -2.04. The summed E-state index contributed by atoms with van der Waals surface area (Å²) < 4.78 is 28.8. The second-order valence-corrected chi connectivity index (χ2v) is 7.75. The molecule has 11 heteroatoms. The van der Waals surface area contributed by atoms with Gasteiger partial charge in [0.2, 0.25) is 5.13 Å². The summed E-state index contributed by atoms with van der Waals surface area (Å²) >= 11 is 7.50. The van der Waals surface area contributed by atoms with Crippen molar-refractivity contribution in [3.05, 3.63) is 69.6 Å². The van der Waals surface area contributed by atoms with Crippen LogP contribution >= 0.6 is 22.9 Å². The molecule has 3 heterocycles. The summed E-state index contributed by atoms with van der Waals surface area (Å²) in [6, 6.07) is 10.8. The summed E-state index contributed by atoms with van der Waals surface area (Å²) in [5.74, 6) is 0.620. The molecule has 0 saturated heterocycles. The number of benzene rings is 1. The molecule has 0 aliphatic rings. The monoisotopic (exact) mass is 435 g/mol. The Balaban J connectivity index is 1.41. The van der Waals surface area contributed by atoms with E-state index in [0.29, 0.717) is 33.2 Å². The molecule has 150 valence electrons. The van der Waals surface area contributed by atoms with E-state index in [4.69, 9.17) is 11.6 Å². The lowest BCUT2D eigenvalue weighted by molar-refractivity contribution is 0.145. The lowest BCUT2D eigenvalue weighted by atomic mass is 10.2. The molecule has 0 radical (unpaired) electrons. The predicted molar refractivity (Wildman–Crippen MR) is 107 cm³/mol. The molecule has 4 rings (SSSR count). The maximum absolute atomic E-state index is 12.8. The van der Waals surface area contributed by atoms with Crippen LogP contribution in [0.1, 0.15) is 28.4 Å². The summed E-state index contributed by atoms with van der Waals surface area (Å²) in [4.78, 5) is 0. The average Bonchev–Trinajstić information content (AvgIpc) is 3.40. The van der Waals surface area contributed by atoms with Gasteiger partial charge >= 0.3 is 0 Å². The van der Waals surface area contributed by atoms with Crippen LogP contribution < -0.4 is 5.32 Å². The highest BCUT2D eigenvalue weighted by Gasteiger charge is 2.15. The topological polar surface area (TPSA) is 73.5 Å². The predicted octanol–water partition coefficient (Wildman–Crippen LogP) is 4.67. The van der Waals surface area contributed by atoms with Gasteiger partial charge in [0.25, 0.3) is 6.43 Å². The fraction of sp³-hybridized carbons (Fsp3) is 0.222. The van der Waals surface area contributed by atoms with Crippen molar-refractivity contribution in [2.45, 2.75) is 26.4 Å². The van der Waals surface area contributed by atoms with Gasteiger partial charge in [-0.1, -0.05) is 41.1 Å². The largest absolute Gasteiger partial charge is 0.313 e. The number of aromatic nitrogens is 6. The van der Waals surface area contributed by atoms with Crippen molar-refractivity contribution in [1.29, 1.82) is 0 Å². The summed E-state index contributed by atoms with van der Waals surface area (Å²) in [6.45, 7) is 2.55. The highest BCUT2D eigenvalue weighted by Crippen LogP contribution is 2.23. The van der Waals surface area contributed by atoms with Crippen molar-refractivity contribution in [1.82, 2.24) is 29.8 Å². The number of halogens is 3. The Kier molecular flexibility index (Phi) is 5.54. The number of alkyl halides is 2. The Hall–Kier alpha value is -2.85. The number of nitrogens with zero attached hydrogens (tertiary/aromatic N) is 6. The Labute approximate surface area is 174 Å². The number of hydrogen-bond acceptors (Lipinski definition) is 6. The van der Waals surface area contributed by atoms with E-state index in [9.17, 15) is 8.78 Å². The van der Waals surface area contributed by atoms with Crippen molar-refractivity contribution >= 4 is 33.9 Å². The highest BCUT2D eigenvalue weighted by molar-refractivity contribution is 7.15. The molecule has 1 N–H and O–H groups in total. The first-order valence-corrected chi connectivity index (χ1v) is 9.86. The molecule has 0 amide bonds. The van der Waals surface area contributed by atoms with Gasteiger partial charge in [-0.2, -0.15) is 10.2 Å². The van der Waals surface area contributed by atoms with Crippen LogP contribution in [0.25, 0.3) is 0 Å². The molecule has 0 fully saturated rings. The van der Waals surface area contributed by atoms with E-state index in [1.165, 1.54) is 22.1 Å². The van der Waals surface area contributed by atoms with E-state index >= 15 is 0 Å². The maximum atomic E-state index is 12.8. The van der Waals surface area contributed by atoms with Crippen LogP contribution in [-0.2, 0) is 13.1 Å². The molecule has 0 bridgehead atoms. The van der Waals surface area contributed by atoms with Crippen LogP contribution in [0.2, 0.25) is 5.02 Å². The van der Waals surface area contributed by atoms with Gasteiger partial charge in [0.05, 0.1) is 13.1 Å². The number of hydrogen-bond donors (Lipinski definition) is 1. The fourth-order valence-corrected chi connectivity index (χ4v) is 3.65. The van der Waals surface area contributed by atoms with Crippen molar-refractivity contribution in [2.75, 3.05) is 5.32 Å². The molecule has 0 saturated carbocycles. The fourth-order valence-electron chi connectivity index (χ4n) is 2.73. The number of rotatable bonds is 7. The van der Waals surface area contributed by atoms with Crippen molar-refractivity contribution < 1.29 is 8.78 Å². The van der Waals surface area contributed by atoms with Gasteiger partial charge in [-0.3, -0.25) is 9.36 Å². The van der Waals surface area contributed by atoms with Crippen LogP contribution in [-0.4, -0.2) is 29.8 Å². The number of anilines is 2. The van der Waals surface area contributed by atoms with Crippen molar-refractivity contribution in [2.24, 2.45) is 0 Å². The smallest absolute Gasteiger partial charge is 0.282 e. The third-order valence-corrected chi connectivity index (χ3v) is 5.33. The van der Waals surface area contributed by atoms with E-state index in [1.54, 1.807) is 11.6 Å². The van der Waals surface area contributed by atoms with Gasteiger partial charge < -0.3 is 5.32 Å². The third kappa shape index (κ3) is 4.60. The molecule has 29 heavy (non-hydrogen) atoms. The Bertz CT molecular complexity index is 1120. The minimum absolute atomic E-state index is 0.241. The molecule has 0 unspecified atom stereocenters. The van der Waals surface area contributed by atoms with Crippen LogP contribution in [0, 0.1) is 6.92 Å². The highest BCUT2D eigenvalue weighted by atomic mass is 35.5. The molecule has 0 spiro atoms. The molecule has 0 atom stereocenters. The second kappa shape index (κ2) is 8.26. The average molecular weight is 436 g/mol. The zero-order chi connectivity index (χ0) is 20.4. The SMILES string of the molecule is Cc1cc(C(F)F)nn1Cc1nnc(Nc2ccn(Cc3ccccc3Cl)n2)s1. The zero-order valence-corrected chi connectivity index (χ0v) is 16.8. The van der Waals surface area contributed by atoms with Gasteiger partial charge in [-0.25, -0.2) is 8.78 Å². The quantitative estimate of drug-likeness (QED) is 0.456.